The molecule has 3 N–H and O–H groups in total. The number of hydrogen-bond donors (Lipinski definition) is 3. The molecule has 1 heterocycles. The van der Waals surface area contributed by atoms with Crippen molar-refractivity contribution >= 4 is 40.5 Å². The molecule has 2 unspecified atom stereocenters. The molecule has 0 aliphatic heterocycles. The van der Waals surface area contributed by atoms with E-state index in [2.05, 4.69) is 10.6 Å². The van der Waals surface area contributed by atoms with E-state index >= 15 is 0 Å². The maximum Gasteiger partial charge on any atom is 0.339 e. The quantitative estimate of drug-likeness (QED) is 0.418. The molecule has 2 atom stereocenters. The fourth-order valence-electron chi connectivity index (χ4n) is 3.47. The van der Waals surface area contributed by atoms with Gasteiger partial charge in [-0.05, 0) is 63.3 Å². The molecule has 1 aromatic carbocycles. The number of ether oxygens (including phenoxy) is 1. The van der Waals surface area contributed by atoms with Crippen molar-refractivity contribution in [2.45, 2.75) is 52.1 Å². The summed E-state index contributed by atoms with van der Waals surface area (Å²) >= 11 is 1.51. The van der Waals surface area contributed by atoms with Gasteiger partial charge in [-0.25, -0.2) is 4.79 Å². The molecule has 0 spiro atoms. The van der Waals surface area contributed by atoms with Crippen molar-refractivity contribution in [3.05, 3.63) is 39.2 Å². The Morgan fingerprint density at radius 2 is 1.88 bits per heavy atom. The number of methoxy groups -OCH3 is 1. The highest BCUT2D eigenvalue weighted by molar-refractivity contribution is 7.98. The van der Waals surface area contributed by atoms with E-state index in [1.165, 1.54) is 18.7 Å². The molecular formula is C23H30N2O7S. The van der Waals surface area contributed by atoms with Crippen LogP contribution in [0.25, 0.3) is 11.0 Å². The van der Waals surface area contributed by atoms with Gasteiger partial charge >= 0.3 is 11.6 Å². The molecule has 33 heavy (non-hydrogen) atoms. The molecule has 10 heteroatoms. The molecule has 0 saturated heterocycles. The van der Waals surface area contributed by atoms with Gasteiger partial charge in [-0.1, -0.05) is 0 Å². The van der Waals surface area contributed by atoms with E-state index in [1.54, 1.807) is 20.1 Å². The predicted octanol–water partition coefficient (Wildman–Crippen LogP) is 2.18. The number of carboxylic acid groups (broad SMARTS) is 1. The molecule has 2 amide bonds. The van der Waals surface area contributed by atoms with E-state index in [1.807, 2.05) is 19.2 Å². The number of amides is 2. The van der Waals surface area contributed by atoms with E-state index in [4.69, 9.17) is 14.3 Å². The zero-order chi connectivity index (χ0) is 24.7. The van der Waals surface area contributed by atoms with Gasteiger partial charge in [-0.3, -0.25) is 14.4 Å². The number of aryl methyl sites for hydroxylation is 2. The van der Waals surface area contributed by atoms with E-state index in [-0.39, 0.29) is 12.8 Å². The lowest BCUT2D eigenvalue weighted by Crippen LogP contribution is -2.51. The predicted molar refractivity (Wildman–Crippen MR) is 127 cm³/mol. The molecule has 0 bridgehead atoms. The fourth-order valence-corrected chi connectivity index (χ4v) is 3.94. The molecule has 9 nitrogen and oxygen atoms in total. The number of carbonyl (C=O) groups excluding carboxylic acids is 2. The van der Waals surface area contributed by atoms with E-state index in [0.717, 1.165) is 16.5 Å². The summed E-state index contributed by atoms with van der Waals surface area (Å²) in [5.74, 6) is -0.911. The number of nitrogens with one attached hydrogen (secondary N) is 2. The molecule has 2 aromatic rings. The number of hydrogen-bond acceptors (Lipinski definition) is 7. The average Bonchev–Trinajstić information content (AvgIpc) is 2.77. The van der Waals surface area contributed by atoms with Crippen LogP contribution in [0, 0.1) is 13.8 Å². The number of carbonyl (C=O) groups is 3. The lowest BCUT2D eigenvalue weighted by atomic mass is 10.00. The van der Waals surface area contributed by atoms with Gasteiger partial charge in [0.05, 0.1) is 7.11 Å². The van der Waals surface area contributed by atoms with Gasteiger partial charge in [0, 0.05) is 22.9 Å². The van der Waals surface area contributed by atoms with Crippen molar-refractivity contribution < 1.29 is 28.6 Å². The molecule has 1 aromatic heterocycles. The Morgan fingerprint density at radius 3 is 2.48 bits per heavy atom. The van der Waals surface area contributed by atoms with Crippen LogP contribution in [0.2, 0.25) is 0 Å². The number of thioether (sulfide) groups is 1. The van der Waals surface area contributed by atoms with Crippen LogP contribution < -0.4 is 21.0 Å². The summed E-state index contributed by atoms with van der Waals surface area (Å²) in [4.78, 5) is 48.6. The summed E-state index contributed by atoms with van der Waals surface area (Å²) in [6.45, 7) is 4.97. The number of benzene rings is 1. The Morgan fingerprint density at radius 1 is 1.18 bits per heavy atom. The average molecular weight is 479 g/mol. The van der Waals surface area contributed by atoms with Crippen LogP contribution in [-0.4, -0.2) is 54.1 Å². The highest BCUT2D eigenvalue weighted by atomic mass is 32.2. The van der Waals surface area contributed by atoms with Crippen LogP contribution in [0.1, 0.15) is 36.5 Å². The summed E-state index contributed by atoms with van der Waals surface area (Å²) in [6.07, 6.45) is 2.34. The van der Waals surface area contributed by atoms with Gasteiger partial charge in [0.2, 0.25) is 11.8 Å². The van der Waals surface area contributed by atoms with E-state index < -0.39 is 35.5 Å². The van der Waals surface area contributed by atoms with Crippen LogP contribution in [0.15, 0.2) is 21.3 Å². The van der Waals surface area contributed by atoms with Gasteiger partial charge in [0.1, 0.15) is 23.4 Å². The second-order valence-electron chi connectivity index (χ2n) is 7.73. The second-order valence-corrected chi connectivity index (χ2v) is 8.72. The first-order chi connectivity index (χ1) is 15.6. The largest absolute Gasteiger partial charge is 0.496 e. The molecule has 180 valence electrons. The zero-order valence-electron chi connectivity index (χ0n) is 19.4. The molecule has 0 saturated carbocycles. The number of aliphatic carboxylic acids is 1. The third kappa shape index (κ3) is 6.50. The lowest BCUT2D eigenvalue weighted by Gasteiger charge is -2.20. The third-order valence-corrected chi connectivity index (χ3v) is 6.11. The Balaban J connectivity index is 2.15. The second kappa shape index (κ2) is 11.7. The minimum atomic E-state index is -1.16. The minimum absolute atomic E-state index is 0.0240. The van der Waals surface area contributed by atoms with Crippen molar-refractivity contribution in [2.75, 3.05) is 19.1 Å². The van der Waals surface area contributed by atoms with Gasteiger partial charge < -0.3 is 24.9 Å². The highest BCUT2D eigenvalue weighted by Crippen LogP contribution is 2.29. The monoisotopic (exact) mass is 478 g/mol. The van der Waals surface area contributed by atoms with Crippen molar-refractivity contribution in [2.24, 2.45) is 0 Å². The topological polar surface area (TPSA) is 135 Å². The standard InChI is InChI=1S/C23H30N2O7S/c1-12-15-6-8-18(31-4)13(2)20(15)32-23(30)16(12)7-9-19(26)25-17(10-11-33-5)21(27)24-14(3)22(28)29/h6,8,14,17H,7,9-11H2,1-5H3,(H,24,27)(H,25,26)(H,28,29). The van der Waals surface area contributed by atoms with Crippen LogP contribution in [0.3, 0.4) is 0 Å². The molecule has 0 aliphatic rings. The Kier molecular flexibility index (Phi) is 9.33. The van der Waals surface area contributed by atoms with Crippen LogP contribution >= 0.6 is 11.8 Å². The molecule has 0 fully saturated rings. The smallest absolute Gasteiger partial charge is 0.339 e. The van der Waals surface area contributed by atoms with Crippen molar-refractivity contribution in [3.63, 3.8) is 0 Å². The molecular weight excluding hydrogens is 448 g/mol. The minimum Gasteiger partial charge on any atom is -0.496 e. The normalized spacial score (nSPS) is 12.8. The Labute approximate surface area is 196 Å². The highest BCUT2D eigenvalue weighted by Gasteiger charge is 2.24. The van der Waals surface area contributed by atoms with Crippen LogP contribution in [-0.2, 0) is 20.8 Å². The summed E-state index contributed by atoms with van der Waals surface area (Å²) in [5, 5.41) is 14.8. The van der Waals surface area contributed by atoms with Gasteiger partial charge in [-0.15, -0.1) is 0 Å². The summed E-state index contributed by atoms with van der Waals surface area (Å²) in [7, 11) is 1.54. The number of carboxylic acids is 1. The molecule has 2 rings (SSSR count). The molecule has 0 aliphatic carbocycles. The third-order valence-electron chi connectivity index (χ3n) is 5.47. The zero-order valence-corrected chi connectivity index (χ0v) is 20.3. The van der Waals surface area contributed by atoms with Gasteiger partial charge in [0.15, 0.2) is 0 Å². The van der Waals surface area contributed by atoms with Crippen LogP contribution in [0.5, 0.6) is 5.75 Å². The maximum absolute atomic E-state index is 12.6. The summed E-state index contributed by atoms with van der Waals surface area (Å²) < 4.78 is 10.8. The SMILES string of the molecule is COc1ccc2c(C)c(CCC(=O)NC(CCSC)C(=O)NC(C)C(=O)O)c(=O)oc2c1C. The number of rotatable bonds is 11. The Bertz CT molecular complexity index is 1100. The van der Waals surface area contributed by atoms with Crippen molar-refractivity contribution in [1.82, 2.24) is 10.6 Å². The first kappa shape index (κ1) is 26.2. The lowest BCUT2D eigenvalue weighted by molar-refractivity contribution is -0.141. The number of fused-ring (bicyclic) bond motifs is 1. The van der Waals surface area contributed by atoms with E-state index in [0.29, 0.717) is 29.1 Å². The van der Waals surface area contributed by atoms with Crippen molar-refractivity contribution in [3.8, 4) is 5.75 Å². The van der Waals surface area contributed by atoms with Gasteiger partial charge in [0.25, 0.3) is 0 Å². The van der Waals surface area contributed by atoms with Crippen LogP contribution in [0.4, 0.5) is 0 Å². The van der Waals surface area contributed by atoms with E-state index in [9.17, 15) is 19.2 Å². The Hall–Kier alpha value is -3.01. The summed E-state index contributed by atoms with van der Waals surface area (Å²) in [6, 6.07) is 1.68. The molecule has 0 radical (unpaired) electrons. The maximum atomic E-state index is 12.6. The fraction of sp³-hybridized carbons (Fsp3) is 0.478. The van der Waals surface area contributed by atoms with Crippen molar-refractivity contribution in [1.29, 1.82) is 0 Å². The van der Waals surface area contributed by atoms with Gasteiger partial charge in [-0.2, -0.15) is 11.8 Å². The first-order valence-electron chi connectivity index (χ1n) is 10.5. The summed E-state index contributed by atoms with van der Waals surface area (Å²) in [5.41, 5.74) is 1.78. The first-order valence-corrected chi connectivity index (χ1v) is 11.9.